The van der Waals surface area contributed by atoms with Gasteiger partial charge in [-0.1, -0.05) is 13.8 Å². The first-order valence-electron chi connectivity index (χ1n) is 10.0. The topological polar surface area (TPSA) is 86.8 Å². The predicted molar refractivity (Wildman–Crippen MR) is 101 cm³/mol. The molecule has 0 aromatic carbocycles. The summed E-state index contributed by atoms with van der Waals surface area (Å²) in [6.45, 7) is 4.07. The summed E-state index contributed by atoms with van der Waals surface area (Å²) in [5.74, 6) is -1.71. The third-order valence-corrected chi connectivity index (χ3v) is 4.56. The summed E-state index contributed by atoms with van der Waals surface area (Å²) in [7, 11) is 0. The van der Waals surface area contributed by atoms with Crippen molar-refractivity contribution in [1.82, 2.24) is 10.3 Å². The second kappa shape index (κ2) is 11.1. The first-order chi connectivity index (χ1) is 14.2. The number of carbonyl (C=O) groups excluding carboxylic acids is 2. The third-order valence-electron chi connectivity index (χ3n) is 4.56. The van der Waals surface area contributed by atoms with Crippen LogP contribution in [0.25, 0.3) is 0 Å². The number of ether oxygens (including phenoxy) is 3. The fraction of sp³-hybridized carbons (Fsp3) is 0.650. The van der Waals surface area contributed by atoms with E-state index in [9.17, 15) is 22.8 Å². The van der Waals surface area contributed by atoms with Gasteiger partial charge in [0.1, 0.15) is 24.5 Å². The molecule has 0 spiro atoms. The van der Waals surface area contributed by atoms with E-state index < -0.39 is 29.6 Å². The minimum Gasteiger partial charge on any atom is -0.474 e. The molecule has 0 radical (unpaired) electrons. The van der Waals surface area contributed by atoms with Gasteiger partial charge in [0.15, 0.2) is 0 Å². The van der Waals surface area contributed by atoms with Crippen molar-refractivity contribution < 1.29 is 37.0 Å². The minimum atomic E-state index is -4.67. The summed E-state index contributed by atoms with van der Waals surface area (Å²) in [6.07, 6.45) is -2.08. The Bertz CT molecular complexity index is 721. The highest BCUT2D eigenvalue weighted by atomic mass is 19.4. The molecule has 2 heterocycles. The van der Waals surface area contributed by atoms with Gasteiger partial charge in [-0.15, -0.1) is 0 Å². The maximum absolute atomic E-state index is 13.3. The molecule has 0 aliphatic carbocycles. The number of carbonyl (C=O) groups is 2. The van der Waals surface area contributed by atoms with Crippen LogP contribution < -0.4 is 10.1 Å². The third kappa shape index (κ3) is 7.16. The average Bonchev–Trinajstić information content (AvgIpc) is 3.22. The zero-order valence-corrected chi connectivity index (χ0v) is 17.1. The van der Waals surface area contributed by atoms with E-state index in [2.05, 4.69) is 10.3 Å². The van der Waals surface area contributed by atoms with E-state index in [0.29, 0.717) is 25.9 Å². The molecule has 7 nitrogen and oxygen atoms in total. The number of rotatable bonds is 10. The molecule has 1 fully saturated rings. The van der Waals surface area contributed by atoms with E-state index in [1.165, 1.54) is 0 Å². The Labute approximate surface area is 173 Å². The molecule has 2 unspecified atom stereocenters. The van der Waals surface area contributed by atoms with Crippen LogP contribution in [-0.2, 0) is 20.4 Å². The number of hydrogen-bond acceptors (Lipinski definition) is 6. The predicted octanol–water partition coefficient (Wildman–Crippen LogP) is 3.51. The van der Waals surface area contributed by atoms with Crippen molar-refractivity contribution in [3.8, 4) is 5.88 Å². The van der Waals surface area contributed by atoms with Crippen molar-refractivity contribution in [2.24, 2.45) is 0 Å². The standard InChI is InChI=1S/C20H27F3N2O5/c1-3-6-17(26)29-11-13(4-2)24-18(27)16-9-8-15(20(21,22)23)19(25-16)30-12-14-7-5-10-28-14/h8-9,13-14H,3-7,10-12H2,1-2H3,(H,24,27). The molecule has 0 saturated carbocycles. The molecular weight excluding hydrogens is 405 g/mol. The highest BCUT2D eigenvalue weighted by molar-refractivity contribution is 5.92. The summed E-state index contributed by atoms with van der Waals surface area (Å²) < 4.78 is 55.6. The summed E-state index contributed by atoms with van der Waals surface area (Å²) >= 11 is 0. The van der Waals surface area contributed by atoms with Gasteiger partial charge in [-0.05, 0) is 37.8 Å². The number of halogens is 3. The SMILES string of the molecule is CCCC(=O)OCC(CC)NC(=O)c1ccc(C(F)(F)F)c(OCC2CCCO2)n1. The van der Waals surface area contributed by atoms with Crippen LogP contribution in [0.4, 0.5) is 13.2 Å². The lowest BCUT2D eigenvalue weighted by Gasteiger charge is -2.18. The van der Waals surface area contributed by atoms with Crippen LogP contribution in [0.1, 0.15) is 62.0 Å². The smallest absolute Gasteiger partial charge is 0.421 e. The fourth-order valence-electron chi connectivity index (χ4n) is 2.83. The van der Waals surface area contributed by atoms with Crippen LogP contribution in [-0.4, -0.2) is 48.8 Å². The first-order valence-corrected chi connectivity index (χ1v) is 10.0. The quantitative estimate of drug-likeness (QED) is 0.570. The number of aromatic nitrogens is 1. The van der Waals surface area contributed by atoms with Crippen molar-refractivity contribution in [3.63, 3.8) is 0 Å². The Morgan fingerprint density at radius 1 is 1.33 bits per heavy atom. The number of nitrogens with one attached hydrogen (secondary N) is 1. The van der Waals surface area contributed by atoms with Gasteiger partial charge in [-0.25, -0.2) is 4.98 Å². The number of pyridine rings is 1. The van der Waals surface area contributed by atoms with E-state index in [1.54, 1.807) is 6.92 Å². The molecule has 30 heavy (non-hydrogen) atoms. The van der Waals surface area contributed by atoms with Crippen LogP contribution in [0.3, 0.4) is 0 Å². The lowest BCUT2D eigenvalue weighted by molar-refractivity contribution is -0.144. The van der Waals surface area contributed by atoms with E-state index >= 15 is 0 Å². The molecular formula is C20H27F3N2O5. The highest BCUT2D eigenvalue weighted by Crippen LogP contribution is 2.35. The second-order valence-corrected chi connectivity index (χ2v) is 7.00. The molecule has 168 valence electrons. The summed E-state index contributed by atoms with van der Waals surface area (Å²) in [5.41, 5.74) is -1.28. The lowest BCUT2D eigenvalue weighted by Crippen LogP contribution is -2.38. The minimum absolute atomic E-state index is 0.0237. The monoisotopic (exact) mass is 432 g/mol. The van der Waals surface area contributed by atoms with Crippen LogP contribution in [0.15, 0.2) is 12.1 Å². The summed E-state index contributed by atoms with van der Waals surface area (Å²) in [6, 6.07) is 1.28. The van der Waals surface area contributed by atoms with E-state index in [-0.39, 0.29) is 37.4 Å². The second-order valence-electron chi connectivity index (χ2n) is 7.00. The molecule has 1 amide bonds. The van der Waals surface area contributed by atoms with Gasteiger partial charge in [0.2, 0.25) is 5.88 Å². The Hall–Kier alpha value is -2.36. The molecule has 2 atom stereocenters. The molecule has 10 heteroatoms. The molecule has 1 saturated heterocycles. The Balaban J connectivity index is 2.07. The molecule has 1 aromatic rings. The zero-order chi connectivity index (χ0) is 22.1. The number of hydrogen-bond donors (Lipinski definition) is 1. The van der Waals surface area contributed by atoms with Gasteiger partial charge >= 0.3 is 12.1 Å². The number of esters is 1. The van der Waals surface area contributed by atoms with E-state index in [4.69, 9.17) is 14.2 Å². The molecule has 1 aliphatic heterocycles. The molecule has 2 rings (SSSR count). The first kappa shape index (κ1) is 23.9. The van der Waals surface area contributed by atoms with Gasteiger partial charge < -0.3 is 19.5 Å². The van der Waals surface area contributed by atoms with Crippen molar-refractivity contribution in [2.45, 2.75) is 64.3 Å². The maximum atomic E-state index is 13.3. The van der Waals surface area contributed by atoms with Gasteiger partial charge in [0.25, 0.3) is 5.91 Å². The zero-order valence-electron chi connectivity index (χ0n) is 17.1. The van der Waals surface area contributed by atoms with Gasteiger partial charge in [-0.2, -0.15) is 13.2 Å². The normalized spacial score (nSPS) is 17.4. The summed E-state index contributed by atoms with van der Waals surface area (Å²) in [5, 5.41) is 2.62. The van der Waals surface area contributed by atoms with Gasteiger partial charge in [0.05, 0.1) is 12.1 Å². The van der Waals surface area contributed by atoms with Crippen LogP contribution in [0.5, 0.6) is 5.88 Å². The van der Waals surface area contributed by atoms with Crippen LogP contribution in [0.2, 0.25) is 0 Å². The van der Waals surface area contributed by atoms with Gasteiger partial charge in [-0.3, -0.25) is 9.59 Å². The average molecular weight is 432 g/mol. The summed E-state index contributed by atoms with van der Waals surface area (Å²) in [4.78, 5) is 27.8. The fourth-order valence-corrected chi connectivity index (χ4v) is 2.83. The Kier molecular flexibility index (Phi) is 8.88. The molecule has 0 bridgehead atoms. The van der Waals surface area contributed by atoms with Crippen molar-refractivity contribution in [1.29, 1.82) is 0 Å². The van der Waals surface area contributed by atoms with Crippen LogP contribution in [0, 0.1) is 0 Å². The molecule has 1 aromatic heterocycles. The van der Waals surface area contributed by atoms with Gasteiger partial charge in [0, 0.05) is 13.0 Å². The molecule has 1 aliphatic rings. The largest absolute Gasteiger partial charge is 0.474 e. The Morgan fingerprint density at radius 2 is 2.10 bits per heavy atom. The van der Waals surface area contributed by atoms with Crippen molar-refractivity contribution in [2.75, 3.05) is 19.8 Å². The molecule has 1 N–H and O–H groups in total. The maximum Gasteiger partial charge on any atom is 0.421 e. The number of nitrogens with zero attached hydrogens (tertiary/aromatic N) is 1. The van der Waals surface area contributed by atoms with Crippen molar-refractivity contribution in [3.05, 3.63) is 23.4 Å². The Morgan fingerprint density at radius 3 is 2.70 bits per heavy atom. The highest BCUT2D eigenvalue weighted by Gasteiger charge is 2.36. The van der Waals surface area contributed by atoms with E-state index in [0.717, 1.165) is 18.6 Å². The van der Waals surface area contributed by atoms with Crippen molar-refractivity contribution >= 4 is 11.9 Å². The number of alkyl halides is 3. The van der Waals surface area contributed by atoms with Crippen LogP contribution >= 0.6 is 0 Å². The number of amides is 1. The van der Waals surface area contributed by atoms with E-state index in [1.807, 2.05) is 6.92 Å². The lowest BCUT2D eigenvalue weighted by atomic mass is 10.2.